The molecule has 2 saturated heterocycles. The topological polar surface area (TPSA) is 60.4 Å². The second-order valence-corrected chi connectivity index (χ2v) is 6.90. The van der Waals surface area contributed by atoms with Crippen molar-refractivity contribution in [2.45, 2.75) is 44.3 Å². The smallest absolute Gasteiger partial charge is 0.225 e. The van der Waals surface area contributed by atoms with Gasteiger partial charge in [0.15, 0.2) is 0 Å². The number of pyridine rings is 1. The molecule has 0 aromatic carbocycles. The maximum atomic E-state index is 6.22. The minimum Gasteiger partial charge on any atom is -0.486 e. The first-order chi connectivity index (χ1) is 12.3. The Balaban J connectivity index is 1.42. The van der Waals surface area contributed by atoms with E-state index in [-0.39, 0.29) is 11.7 Å². The minimum atomic E-state index is -0.155. The molecule has 2 aliphatic heterocycles. The normalized spacial score (nSPS) is 26.1. The molecule has 0 N–H and O–H groups in total. The lowest BCUT2D eigenvalue weighted by molar-refractivity contribution is -0.00845. The van der Waals surface area contributed by atoms with Crippen molar-refractivity contribution in [2.24, 2.45) is 0 Å². The molecule has 0 saturated carbocycles. The fourth-order valence-corrected chi connectivity index (χ4v) is 3.73. The summed E-state index contributed by atoms with van der Waals surface area (Å²) in [6.07, 6.45) is 11.4. The second-order valence-electron chi connectivity index (χ2n) is 6.90. The average Bonchev–Trinajstić information content (AvgIpc) is 3.04. The quantitative estimate of drug-likeness (QED) is 0.853. The molecule has 2 aliphatic rings. The summed E-state index contributed by atoms with van der Waals surface area (Å²) in [7, 11) is 0. The van der Waals surface area contributed by atoms with E-state index < -0.39 is 0 Å². The van der Waals surface area contributed by atoms with Gasteiger partial charge in [-0.2, -0.15) is 0 Å². The Morgan fingerprint density at radius 2 is 2.20 bits per heavy atom. The maximum absolute atomic E-state index is 6.22. The lowest BCUT2D eigenvalue weighted by Crippen LogP contribution is -2.48. The Kier molecular flexibility index (Phi) is 4.53. The van der Waals surface area contributed by atoms with Crippen LogP contribution in [-0.2, 0) is 11.2 Å². The monoisotopic (exact) mass is 340 g/mol. The van der Waals surface area contributed by atoms with E-state index in [4.69, 9.17) is 9.47 Å². The Morgan fingerprint density at radius 1 is 1.32 bits per heavy atom. The number of aryl methyl sites for hydroxylation is 1. The van der Waals surface area contributed by atoms with Crippen molar-refractivity contribution in [3.8, 4) is 5.75 Å². The second kappa shape index (κ2) is 6.96. The minimum absolute atomic E-state index is 0.0764. The average molecular weight is 340 g/mol. The van der Waals surface area contributed by atoms with Gasteiger partial charge in [-0.05, 0) is 37.0 Å². The van der Waals surface area contributed by atoms with Crippen LogP contribution in [0.15, 0.2) is 36.9 Å². The van der Waals surface area contributed by atoms with E-state index in [1.807, 2.05) is 24.5 Å². The number of ether oxygens (including phenoxy) is 2. The molecule has 0 radical (unpaired) electrons. The fraction of sp³-hybridized carbons (Fsp3) is 0.526. The van der Waals surface area contributed by atoms with E-state index >= 15 is 0 Å². The molecule has 0 aliphatic carbocycles. The molecule has 2 aromatic heterocycles. The van der Waals surface area contributed by atoms with Crippen LogP contribution < -0.4 is 9.64 Å². The number of rotatable bonds is 4. The summed E-state index contributed by atoms with van der Waals surface area (Å²) < 4.78 is 12.3. The SMILES string of the molecule is CCc1cnc(N2CCC[C@]3(C[C@H](Oc4cccnc4)CO3)C2)nc1. The Labute approximate surface area is 148 Å². The van der Waals surface area contributed by atoms with Crippen LogP contribution in [0.2, 0.25) is 0 Å². The molecule has 1 spiro atoms. The van der Waals surface area contributed by atoms with Gasteiger partial charge in [0.2, 0.25) is 5.95 Å². The van der Waals surface area contributed by atoms with Gasteiger partial charge in [-0.15, -0.1) is 0 Å². The number of nitrogens with zero attached hydrogens (tertiary/aromatic N) is 4. The Hall–Kier alpha value is -2.21. The van der Waals surface area contributed by atoms with Crippen molar-refractivity contribution in [3.05, 3.63) is 42.5 Å². The molecule has 6 heteroatoms. The lowest BCUT2D eigenvalue weighted by atomic mass is 9.89. The third kappa shape index (κ3) is 3.58. The zero-order valence-corrected chi connectivity index (χ0v) is 14.6. The molecule has 2 fully saturated rings. The number of piperidine rings is 1. The third-order valence-electron chi connectivity index (χ3n) is 5.03. The predicted molar refractivity (Wildman–Crippen MR) is 94.8 cm³/mol. The van der Waals surface area contributed by atoms with Crippen molar-refractivity contribution in [3.63, 3.8) is 0 Å². The summed E-state index contributed by atoms with van der Waals surface area (Å²) in [6, 6.07) is 3.83. The highest BCUT2D eigenvalue weighted by atomic mass is 16.6. The third-order valence-corrected chi connectivity index (χ3v) is 5.03. The van der Waals surface area contributed by atoms with E-state index in [9.17, 15) is 0 Å². The first-order valence-electron chi connectivity index (χ1n) is 9.03. The van der Waals surface area contributed by atoms with Gasteiger partial charge in [-0.3, -0.25) is 4.98 Å². The van der Waals surface area contributed by atoms with E-state index in [1.165, 1.54) is 0 Å². The van der Waals surface area contributed by atoms with Gasteiger partial charge in [-0.25, -0.2) is 9.97 Å². The molecule has 6 nitrogen and oxygen atoms in total. The highest BCUT2D eigenvalue weighted by molar-refractivity contribution is 5.32. The van der Waals surface area contributed by atoms with Crippen LogP contribution in [0.5, 0.6) is 5.75 Å². The lowest BCUT2D eigenvalue weighted by Gasteiger charge is -2.39. The zero-order chi connectivity index (χ0) is 17.1. The van der Waals surface area contributed by atoms with Gasteiger partial charge in [0.25, 0.3) is 0 Å². The molecule has 2 atom stereocenters. The molecular weight excluding hydrogens is 316 g/mol. The van der Waals surface area contributed by atoms with E-state index in [0.29, 0.717) is 6.61 Å². The van der Waals surface area contributed by atoms with Crippen LogP contribution in [0.4, 0.5) is 5.95 Å². The first-order valence-corrected chi connectivity index (χ1v) is 9.03. The zero-order valence-electron chi connectivity index (χ0n) is 14.6. The molecule has 25 heavy (non-hydrogen) atoms. The Bertz CT molecular complexity index is 694. The summed E-state index contributed by atoms with van der Waals surface area (Å²) in [4.78, 5) is 15.4. The van der Waals surface area contributed by atoms with Crippen LogP contribution in [0.3, 0.4) is 0 Å². The van der Waals surface area contributed by atoms with Crippen molar-refractivity contribution < 1.29 is 9.47 Å². The molecule has 4 rings (SSSR count). The van der Waals surface area contributed by atoms with Gasteiger partial charge in [0, 0.05) is 38.1 Å². The van der Waals surface area contributed by atoms with E-state index in [0.717, 1.165) is 56.0 Å². The summed E-state index contributed by atoms with van der Waals surface area (Å²) in [6.45, 7) is 4.54. The van der Waals surface area contributed by atoms with Crippen molar-refractivity contribution >= 4 is 5.95 Å². The first kappa shape index (κ1) is 16.3. The number of aromatic nitrogens is 3. The van der Waals surface area contributed by atoms with Gasteiger partial charge in [-0.1, -0.05) is 6.92 Å². The molecule has 0 unspecified atom stereocenters. The van der Waals surface area contributed by atoms with Gasteiger partial charge < -0.3 is 14.4 Å². The van der Waals surface area contributed by atoms with Crippen molar-refractivity contribution in [1.29, 1.82) is 0 Å². The summed E-state index contributed by atoms with van der Waals surface area (Å²) in [5, 5.41) is 0. The van der Waals surface area contributed by atoms with Crippen molar-refractivity contribution in [1.82, 2.24) is 15.0 Å². The standard InChI is InChI=1S/C19H24N4O2/c1-2-15-10-21-18(22-11-15)23-8-4-6-19(14-23)9-17(13-24-19)25-16-5-3-7-20-12-16/h3,5,7,10-12,17H,2,4,6,8-9,13-14H2,1H3/t17-,19-/m0/s1. The number of anilines is 1. The van der Waals surface area contributed by atoms with Crippen LogP contribution in [0.1, 0.15) is 31.7 Å². The van der Waals surface area contributed by atoms with Gasteiger partial charge in [0.1, 0.15) is 11.9 Å². The molecule has 2 aromatic rings. The van der Waals surface area contributed by atoms with Gasteiger partial charge >= 0.3 is 0 Å². The fourth-order valence-electron chi connectivity index (χ4n) is 3.73. The van der Waals surface area contributed by atoms with E-state index in [2.05, 4.69) is 26.8 Å². The molecule has 4 heterocycles. The van der Waals surface area contributed by atoms with E-state index in [1.54, 1.807) is 12.4 Å². The largest absolute Gasteiger partial charge is 0.486 e. The van der Waals surface area contributed by atoms with Crippen LogP contribution in [0, 0.1) is 0 Å². The Morgan fingerprint density at radius 3 is 2.96 bits per heavy atom. The number of hydrogen-bond donors (Lipinski definition) is 0. The van der Waals surface area contributed by atoms with Gasteiger partial charge in [0.05, 0.1) is 18.4 Å². The van der Waals surface area contributed by atoms with Crippen molar-refractivity contribution in [2.75, 3.05) is 24.6 Å². The van der Waals surface area contributed by atoms with Crippen LogP contribution >= 0.6 is 0 Å². The highest BCUT2D eigenvalue weighted by Gasteiger charge is 2.45. The molecule has 0 bridgehead atoms. The highest BCUT2D eigenvalue weighted by Crippen LogP contribution is 2.36. The predicted octanol–water partition coefficient (Wildman–Crippen LogP) is 2.64. The van der Waals surface area contributed by atoms with Crippen LogP contribution in [-0.4, -0.2) is 46.4 Å². The molecular formula is C19H24N4O2. The molecule has 132 valence electrons. The summed E-state index contributed by atoms with van der Waals surface area (Å²) in [5.41, 5.74) is 1.01. The summed E-state index contributed by atoms with van der Waals surface area (Å²) >= 11 is 0. The number of hydrogen-bond acceptors (Lipinski definition) is 6. The van der Waals surface area contributed by atoms with Crippen LogP contribution in [0.25, 0.3) is 0 Å². The summed E-state index contributed by atoms with van der Waals surface area (Å²) in [5.74, 6) is 1.61. The maximum Gasteiger partial charge on any atom is 0.225 e. The molecule has 0 amide bonds.